The Morgan fingerprint density at radius 3 is 2.64 bits per heavy atom. The standard InChI is InChI=1S/C21H34FN7O4/c1-13-12-29(9-8-28(13)2)18-16(22)17(24-20(25-18)33-3)26-27-19(30)15(11-23-21(31)32)10-14-6-4-5-7-14/h13-15,23H,4-12H2,1-3H3,(H,27,30)(H,31,32)(H,24,25,26)/t13-,15-/m1/s1. The van der Waals surface area contributed by atoms with Crippen LogP contribution in [0.15, 0.2) is 0 Å². The third kappa shape index (κ3) is 6.56. The summed E-state index contributed by atoms with van der Waals surface area (Å²) in [6, 6.07) is 0.193. The van der Waals surface area contributed by atoms with Crippen LogP contribution in [0.25, 0.3) is 0 Å². The highest BCUT2D eigenvalue weighted by Crippen LogP contribution is 2.30. The zero-order chi connectivity index (χ0) is 24.0. The molecule has 2 fully saturated rings. The molecule has 1 aliphatic heterocycles. The van der Waals surface area contributed by atoms with E-state index in [1.165, 1.54) is 7.11 Å². The lowest BCUT2D eigenvalue weighted by atomic mass is 9.92. The third-order valence-electron chi connectivity index (χ3n) is 6.52. The van der Waals surface area contributed by atoms with Crippen molar-refractivity contribution in [1.29, 1.82) is 0 Å². The van der Waals surface area contributed by atoms with Crippen LogP contribution in [0.2, 0.25) is 0 Å². The van der Waals surface area contributed by atoms with Gasteiger partial charge in [-0.2, -0.15) is 14.4 Å². The molecule has 0 unspecified atom stereocenters. The van der Waals surface area contributed by atoms with Crippen LogP contribution in [0.1, 0.15) is 39.0 Å². The van der Waals surface area contributed by atoms with Gasteiger partial charge in [0.05, 0.1) is 13.0 Å². The van der Waals surface area contributed by atoms with Gasteiger partial charge < -0.3 is 25.0 Å². The lowest BCUT2D eigenvalue weighted by molar-refractivity contribution is -0.124. The van der Waals surface area contributed by atoms with Gasteiger partial charge in [0.2, 0.25) is 11.7 Å². The SMILES string of the molecule is COc1nc(NNC(=O)[C@@H](CNC(=O)O)CC2CCCC2)c(F)c(N2CCN(C)[C@H](C)C2)n1. The molecule has 12 heteroatoms. The van der Waals surface area contributed by atoms with Gasteiger partial charge in [-0.1, -0.05) is 25.7 Å². The van der Waals surface area contributed by atoms with Crippen LogP contribution in [-0.2, 0) is 4.79 Å². The molecule has 2 atom stereocenters. The number of ether oxygens (including phenoxy) is 1. The second kappa shape index (κ2) is 11.3. The average molecular weight is 468 g/mol. The van der Waals surface area contributed by atoms with E-state index in [4.69, 9.17) is 9.84 Å². The highest BCUT2D eigenvalue weighted by atomic mass is 19.1. The lowest BCUT2D eigenvalue weighted by Crippen LogP contribution is -2.50. The van der Waals surface area contributed by atoms with E-state index >= 15 is 4.39 Å². The topological polar surface area (TPSA) is 132 Å². The fraction of sp³-hybridized carbons (Fsp3) is 0.714. The fourth-order valence-electron chi connectivity index (χ4n) is 4.40. The molecule has 0 spiro atoms. The monoisotopic (exact) mass is 467 g/mol. The van der Waals surface area contributed by atoms with Crippen LogP contribution in [0, 0.1) is 17.7 Å². The van der Waals surface area contributed by atoms with E-state index in [0.717, 1.165) is 32.2 Å². The molecular weight excluding hydrogens is 433 g/mol. The predicted molar refractivity (Wildman–Crippen MR) is 121 cm³/mol. The van der Waals surface area contributed by atoms with Crippen LogP contribution < -0.4 is 25.8 Å². The zero-order valence-corrected chi connectivity index (χ0v) is 19.4. The first kappa shape index (κ1) is 24.7. The molecule has 4 N–H and O–H groups in total. The van der Waals surface area contributed by atoms with Crippen LogP contribution in [0.5, 0.6) is 6.01 Å². The Morgan fingerprint density at radius 2 is 2.00 bits per heavy atom. The van der Waals surface area contributed by atoms with Gasteiger partial charge in [0.1, 0.15) is 0 Å². The van der Waals surface area contributed by atoms with Crippen LogP contribution in [0.4, 0.5) is 20.8 Å². The Labute approximate surface area is 193 Å². The number of methoxy groups -OCH3 is 1. The highest BCUT2D eigenvalue weighted by molar-refractivity contribution is 5.80. The van der Waals surface area contributed by atoms with E-state index in [0.29, 0.717) is 25.4 Å². The minimum absolute atomic E-state index is 0.0145. The number of piperazine rings is 1. The molecule has 3 rings (SSSR count). The molecule has 2 aliphatic rings. The van der Waals surface area contributed by atoms with Gasteiger partial charge in [-0.3, -0.25) is 15.6 Å². The number of nitrogens with zero attached hydrogens (tertiary/aromatic N) is 4. The van der Waals surface area contributed by atoms with Gasteiger partial charge in [-0.15, -0.1) is 0 Å². The van der Waals surface area contributed by atoms with Gasteiger partial charge >= 0.3 is 12.1 Å². The number of hydrogen-bond acceptors (Lipinski definition) is 8. The number of nitrogens with one attached hydrogen (secondary N) is 3. The quantitative estimate of drug-likeness (QED) is 0.400. The van der Waals surface area contributed by atoms with Crippen molar-refractivity contribution in [1.82, 2.24) is 25.6 Å². The second-order valence-electron chi connectivity index (χ2n) is 8.86. The van der Waals surface area contributed by atoms with Gasteiger partial charge in [-0.05, 0) is 26.3 Å². The third-order valence-corrected chi connectivity index (χ3v) is 6.52. The molecule has 1 saturated heterocycles. The maximum atomic E-state index is 15.3. The molecule has 33 heavy (non-hydrogen) atoms. The van der Waals surface area contributed by atoms with E-state index in [2.05, 4.69) is 38.0 Å². The molecule has 0 bridgehead atoms. The smallest absolute Gasteiger partial charge is 0.404 e. The molecule has 11 nitrogen and oxygen atoms in total. The molecule has 1 aromatic rings. The first-order chi connectivity index (χ1) is 15.8. The van der Waals surface area contributed by atoms with Crippen molar-refractivity contribution in [3.8, 4) is 6.01 Å². The Balaban J connectivity index is 1.71. The van der Waals surface area contributed by atoms with Gasteiger partial charge in [0.25, 0.3) is 0 Å². The summed E-state index contributed by atoms with van der Waals surface area (Å²) in [5.74, 6) is -1.43. The van der Waals surface area contributed by atoms with Crippen molar-refractivity contribution in [3.05, 3.63) is 5.82 Å². The van der Waals surface area contributed by atoms with Crippen molar-refractivity contribution < 1.29 is 23.8 Å². The number of amides is 2. The fourth-order valence-corrected chi connectivity index (χ4v) is 4.40. The van der Waals surface area contributed by atoms with Crippen molar-refractivity contribution in [2.45, 2.75) is 45.1 Å². The number of hydrazine groups is 1. The number of halogens is 1. The Kier molecular flexibility index (Phi) is 8.48. The summed E-state index contributed by atoms with van der Waals surface area (Å²) >= 11 is 0. The summed E-state index contributed by atoms with van der Waals surface area (Å²) in [5.41, 5.74) is 5.06. The van der Waals surface area contributed by atoms with E-state index in [9.17, 15) is 9.59 Å². The van der Waals surface area contributed by atoms with Crippen LogP contribution in [0.3, 0.4) is 0 Å². The largest absolute Gasteiger partial charge is 0.467 e. The van der Waals surface area contributed by atoms with Crippen LogP contribution in [-0.4, -0.2) is 78.4 Å². The summed E-state index contributed by atoms with van der Waals surface area (Å²) in [6.45, 7) is 3.97. The minimum Gasteiger partial charge on any atom is -0.467 e. The molecule has 184 valence electrons. The Bertz CT molecular complexity index is 837. The molecule has 0 radical (unpaired) electrons. The summed E-state index contributed by atoms with van der Waals surface area (Å²) < 4.78 is 20.4. The van der Waals surface area contributed by atoms with Crippen molar-refractivity contribution in [2.24, 2.45) is 11.8 Å². The molecule has 2 amide bonds. The number of rotatable bonds is 9. The number of carbonyl (C=O) groups is 2. The predicted octanol–water partition coefficient (Wildman–Crippen LogP) is 1.67. The summed E-state index contributed by atoms with van der Waals surface area (Å²) in [6.07, 6.45) is 3.65. The van der Waals surface area contributed by atoms with Crippen molar-refractivity contribution in [3.63, 3.8) is 0 Å². The number of hydrogen-bond donors (Lipinski definition) is 4. The molecule has 1 aliphatic carbocycles. The number of aromatic nitrogens is 2. The second-order valence-corrected chi connectivity index (χ2v) is 8.86. The molecule has 1 saturated carbocycles. The zero-order valence-electron chi connectivity index (χ0n) is 19.4. The number of anilines is 2. The Hall–Kier alpha value is -2.89. The van der Waals surface area contributed by atoms with Gasteiger partial charge in [0.15, 0.2) is 11.6 Å². The summed E-state index contributed by atoms with van der Waals surface area (Å²) in [5, 5.41) is 11.2. The highest BCUT2D eigenvalue weighted by Gasteiger charge is 2.28. The summed E-state index contributed by atoms with van der Waals surface area (Å²) in [4.78, 5) is 36.0. The van der Waals surface area contributed by atoms with Gasteiger partial charge in [0, 0.05) is 32.2 Å². The minimum atomic E-state index is -1.19. The van der Waals surface area contributed by atoms with Crippen LogP contribution >= 0.6 is 0 Å². The number of carboxylic acid groups (broad SMARTS) is 1. The maximum absolute atomic E-state index is 15.3. The number of carbonyl (C=O) groups excluding carboxylic acids is 1. The number of likely N-dealkylation sites (N-methyl/N-ethyl adjacent to an activating group) is 1. The Morgan fingerprint density at radius 1 is 1.27 bits per heavy atom. The van der Waals surface area contributed by atoms with E-state index in [-0.39, 0.29) is 30.2 Å². The first-order valence-corrected chi connectivity index (χ1v) is 11.4. The van der Waals surface area contributed by atoms with E-state index < -0.39 is 23.7 Å². The normalized spacial score (nSPS) is 20.4. The average Bonchev–Trinajstić information content (AvgIpc) is 3.30. The van der Waals surface area contributed by atoms with Crippen molar-refractivity contribution in [2.75, 3.05) is 50.7 Å². The van der Waals surface area contributed by atoms with E-state index in [1.807, 2.05) is 11.9 Å². The molecule has 2 heterocycles. The molecular formula is C21H34FN7O4. The lowest BCUT2D eigenvalue weighted by Gasteiger charge is -2.38. The molecule has 1 aromatic heterocycles. The van der Waals surface area contributed by atoms with E-state index in [1.54, 1.807) is 0 Å². The van der Waals surface area contributed by atoms with Gasteiger partial charge in [-0.25, -0.2) is 4.79 Å². The summed E-state index contributed by atoms with van der Waals surface area (Å²) in [7, 11) is 3.41. The first-order valence-electron chi connectivity index (χ1n) is 11.4. The van der Waals surface area contributed by atoms with Crippen molar-refractivity contribution >= 4 is 23.6 Å². The maximum Gasteiger partial charge on any atom is 0.404 e. The molecule has 0 aromatic carbocycles.